The number of halogens is 1. The number of aromatic amines is 1. The molecule has 2 N–H and O–H groups in total. The molecule has 2 rings (SSSR count). The number of hydrogen-bond donors (Lipinski definition) is 2. The second-order valence-electron chi connectivity index (χ2n) is 3.60. The number of pyridine rings is 1. The van der Waals surface area contributed by atoms with E-state index in [1.165, 1.54) is 0 Å². The van der Waals surface area contributed by atoms with Crippen LogP contribution in [0.5, 0.6) is 0 Å². The van der Waals surface area contributed by atoms with Crippen LogP contribution >= 0.6 is 11.6 Å². The van der Waals surface area contributed by atoms with Crippen molar-refractivity contribution >= 4 is 23.3 Å². The predicted octanol–water partition coefficient (Wildman–Crippen LogP) is 2.33. The summed E-state index contributed by atoms with van der Waals surface area (Å²) < 4.78 is 0. The fourth-order valence-corrected chi connectivity index (χ4v) is 1.70. The minimum absolute atomic E-state index is 0.269. The Hall–Kier alpha value is -1.88. The monoisotopic (exact) mass is 250 g/mol. The van der Waals surface area contributed by atoms with E-state index in [1.54, 1.807) is 32.2 Å². The zero-order chi connectivity index (χ0) is 12.4. The lowest BCUT2D eigenvalue weighted by molar-refractivity contribution is 0.102. The molecule has 0 fully saturated rings. The molecule has 5 nitrogen and oxygen atoms in total. The van der Waals surface area contributed by atoms with E-state index < -0.39 is 0 Å². The lowest BCUT2D eigenvalue weighted by Gasteiger charge is -2.05. The topological polar surface area (TPSA) is 70.7 Å². The third kappa shape index (κ3) is 2.29. The smallest absolute Gasteiger partial charge is 0.260 e. The number of hydrogen-bond acceptors (Lipinski definition) is 3. The first kappa shape index (κ1) is 11.6. The maximum atomic E-state index is 12.0. The summed E-state index contributed by atoms with van der Waals surface area (Å²) in [6, 6.07) is 3.37. The molecule has 2 aromatic rings. The van der Waals surface area contributed by atoms with Crippen molar-refractivity contribution in [1.82, 2.24) is 15.2 Å². The van der Waals surface area contributed by atoms with E-state index in [1.807, 2.05) is 0 Å². The third-order valence-electron chi connectivity index (χ3n) is 2.35. The normalized spacial score (nSPS) is 10.3. The molecule has 17 heavy (non-hydrogen) atoms. The van der Waals surface area contributed by atoms with Crippen molar-refractivity contribution in [3.63, 3.8) is 0 Å². The fraction of sp³-hybridized carbons (Fsp3) is 0.182. The van der Waals surface area contributed by atoms with Gasteiger partial charge in [0.15, 0.2) is 5.82 Å². The minimum atomic E-state index is -0.269. The van der Waals surface area contributed by atoms with E-state index in [4.69, 9.17) is 11.6 Å². The number of H-pyrrole nitrogens is 1. The molecule has 0 bridgehead atoms. The van der Waals surface area contributed by atoms with Gasteiger partial charge in [0.1, 0.15) is 0 Å². The van der Waals surface area contributed by atoms with Crippen LogP contribution in [0.1, 0.15) is 21.7 Å². The molecule has 0 unspecified atom stereocenters. The minimum Gasteiger partial charge on any atom is -0.305 e. The summed E-state index contributed by atoms with van der Waals surface area (Å²) in [4.78, 5) is 16.0. The molecule has 0 saturated heterocycles. The van der Waals surface area contributed by atoms with E-state index in [2.05, 4.69) is 20.5 Å². The summed E-state index contributed by atoms with van der Waals surface area (Å²) in [7, 11) is 0. The van der Waals surface area contributed by atoms with Crippen LogP contribution in [0.3, 0.4) is 0 Å². The van der Waals surface area contributed by atoms with E-state index >= 15 is 0 Å². The van der Waals surface area contributed by atoms with Crippen LogP contribution in [0.4, 0.5) is 5.82 Å². The van der Waals surface area contributed by atoms with Crippen LogP contribution in [-0.4, -0.2) is 21.1 Å². The Bertz CT molecular complexity index is 545. The van der Waals surface area contributed by atoms with Crippen LogP contribution in [0.15, 0.2) is 18.3 Å². The average Bonchev–Trinajstić information content (AvgIpc) is 2.62. The van der Waals surface area contributed by atoms with Crippen LogP contribution in [0.2, 0.25) is 5.02 Å². The molecule has 0 aromatic carbocycles. The first-order chi connectivity index (χ1) is 8.09. The van der Waals surface area contributed by atoms with Crippen molar-refractivity contribution in [1.29, 1.82) is 0 Å². The number of nitrogens with zero attached hydrogens (tertiary/aromatic N) is 2. The van der Waals surface area contributed by atoms with Crippen molar-refractivity contribution in [2.75, 3.05) is 5.32 Å². The highest BCUT2D eigenvalue weighted by atomic mass is 35.5. The molecule has 88 valence electrons. The summed E-state index contributed by atoms with van der Waals surface area (Å²) in [5.41, 5.74) is 1.88. The van der Waals surface area contributed by atoms with Gasteiger partial charge in [0, 0.05) is 11.9 Å². The number of aryl methyl sites for hydroxylation is 2. The largest absolute Gasteiger partial charge is 0.305 e. The second kappa shape index (κ2) is 4.55. The standard InChI is InChI=1S/C11H11ClN4O/c1-6-9(7(2)16-15-6)11(17)14-10-8(12)4-3-5-13-10/h3-5H,1-2H3,(H,15,16)(H,13,14,17). The molecule has 0 saturated carbocycles. The summed E-state index contributed by atoms with van der Waals surface area (Å²) in [6.45, 7) is 3.55. The summed E-state index contributed by atoms with van der Waals surface area (Å²) in [5, 5.41) is 9.77. The second-order valence-corrected chi connectivity index (χ2v) is 4.00. The first-order valence-electron chi connectivity index (χ1n) is 5.03. The van der Waals surface area contributed by atoms with Crippen LogP contribution < -0.4 is 5.32 Å². The van der Waals surface area contributed by atoms with Gasteiger partial charge in [-0.05, 0) is 26.0 Å². The molecule has 2 heterocycles. The van der Waals surface area contributed by atoms with Gasteiger partial charge in [-0.25, -0.2) is 4.98 Å². The summed E-state index contributed by atoms with van der Waals surface area (Å²) >= 11 is 5.91. The van der Waals surface area contributed by atoms with E-state index in [0.29, 0.717) is 27.8 Å². The Morgan fingerprint density at radius 1 is 1.47 bits per heavy atom. The maximum Gasteiger partial charge on any atom is 0.260 e. The van der Waals surface area contributed by atoms with Gasteiger partial charge in [-0.2, -0.15) is 5.10 Å². The molecular formula is C11H11ClN4O. The quantitative estimate of drug-likeness (QED) is 0.859. The van der Waals surface area contributed by atoms with Crippen LogP contribution in [-0.2, 0) is 0 Å². The van der Waals surface area contributed by atoms with Gasteiger partial charge in [-0.15, -0.1) is 0 Å². The third-order valence-corrected chi connectivity index (χ3v) is 2.65. The zero-order valence-corrected chi connectivity index (χ0v) is 10.2. The van der Waals surface area contributed by atoms with Crippen LogP contribution in [0.25, 0.3) is 0 Å². The summed E-state index contributed by atoms with van der Waals surface area (Å²) in [5.74, 6) is 0.0773. The number of nitrogens with one attached hydrogen (secondary N) is 2. The number of rotatable bonds is 2. The SMILES string of the molecule is Cc1n[nH]c(C)c1C(=O)Nc1ncccc1Cl. The Morgan fingerprint density at radius 3 is 2.82 bits per heavy atom. The maximum absolute atomic E-state index is 12.0. The van der Waals surface area contributed by atoms with E-state index in [0.717, 1.165) is 0 Å². The highest BCUT2D eigenvalue weighted by Crippen LogP contribution is 2.19. The Labute approximate surface area is 103 Å². The highest BCUT2D eigenvalue weighted by molar-refractivity contribution is 6.33. The van der Waals surface area contributed by atoms with Gasteiger partial charge >= 0.3 is 0 Å². The Morgan fingerprint density at radius 2 is 2.24 bits per heavy atom. The van der Waals surface area contributed by atoms with Crippen molar-refractivity contribution in [2.45, 2.75) is 13.8 Å². The fourth-order valence-electron chi connectivity index (χ4n) is 1.53. The number of carbonyl (C=O) groups excluding carboxylic acids is 1. The van der Waals surface area contributed by atoms with Gasteiger partial charge in [-0.1, -0.05) is 11.6 Å². The number of carbonyl (C=O) groups is 1. The molecule has 1 amide bonds. The van der Waals surface area contributed by atoms with Crippen molar-refractivity contribution in [2.24, 2.45) is 0 Å². The van der Waals surface area contributed by atoms with Crippen molar-refractivity contribution in [3.05, 3.63) is 40.3 Å². The number of anilines is 1. The average molecular weight is 251 g/mol. The molecule has 2 aromatic heterocycles. The molecule has 0 atom stereocenters. The highest BCUT2D eigenvalue weighted by Gasteiger charge is 2.16. The predicted molar refractivity (Wildman–Crippen MR) is 65.3 cm³/mol. The number of aromatic nitrogens is 3. The lowest BCUT2D eigenvalue weighted by atomic mass is 10.2. The molecule has 0 radical (unpaired) electrons. The lowest BCUT2D eigenvalue weighted by Crippen LogP contribution is -2.14. The van der Waals surface area contributed by atoms with E-state index in [-0.39, 0.29) is 5.91 Å². The van der Waals surface area contributed by atoms with Gasteiger partial charge in [0.05, 0.1) is 16.3 Å². The van der Waals surface area contributed by atoms with E-state index in [9.17, 15) is 4.79 Å². The Kier molecular flexibility index (Phi) is 3.10. The molecule has 0 aliphatic carbocycles. The molecule has 0 aliphatic rings. The van der Waals surface area contributed by atoms with Gasteiger partial charge in [0.2, 0.25) is 0 Å². The number of amides is 1. The summed E-state index contributed by atoms with van der Waals surface area (Å²) in [6.07, 6.45) is 1.57. The Balaban J connectivity index is 2.27. The molecule has 0 spiro atoms. The molecule has 6 heteroatoms. The van der Waals surface area contributed by atoms with Crippen molar-refractivity contribution < 1.29 is 4.79 Å². The molecular weight excluding hydrogens is 240 g/mol. The van der Waals surface area contributed by atoms with Crippen LogP contribution in [0, 0.1) is 13.8 Å². The van der Waals surface area contributed by atoms with Gasteiger partial charge in [0.25, 0.3) is 5.91 Å². The first-order valence-corrected chi connectivity index (χ1v) is 5.41. The molecule has 0 aliphatic heterocycles. The van der Waals surface area contributed by atoms with Gasteiger partial charge in [-0.3, -0.25) is 9.89 Å². The van der Waals surface area contributed by atoms with Gasteiger partial charge < -0.3 is 5.32 Å². The zero-order valence-electron chi connectivity index (χ0n) is 9.41. The van der Waals surface area contributed by atoms with Crippen molar-refractivity contribution in [3.8, 4) is 0 Å².